The lowest BCUT2D eigenvalue weighted by Crippen LogP contribution is -2.53. The Kier molecular flexibility index (Phi) is 12.5. The van der Waals surface area contributed by atoms with E-state index >= 15 is 0 Å². The van der Waals surface area contributed by atoms with E-state index in [0.717, 1.165) is 39.4 Å². The van der Waals surface area contributed by atoms with Crippen molar-refractivity contribution < 1.29 is 18.0 Å². The molecule has 0 aliphatic heterocycles. The number of hydrogen-bond donors (Lipinski definition) is 1. The summed E-state index contributed by atoms with van der Waals surface area (Å²) in [6.45, 7) is 7.65. The van der Waals surface area contributed by atoms with Gasteiger partial charge in [-0.3, -0.25) is 13.9 Å². The largest absolute Gasteiger partial charge is 0.354 e. The summed E-state index contributed by atoms with van der Waals surface area (Å²) in [5.74, 6) is -0.869. The van der Waals surface area contributed by atoms with Crippen molar-refractivity contribution >= 4 is 50.7 Å². The molecule has 0 saturated carbocycles. The number of amides is 2. The van der Waals surface area contributed by atoms with Crippen LogP contribution < -0.4 is 9.62 Å². The van der Waals surface area contributed by atoms with E-state index in [0.29, 0.717) is 27.8 Å². The predicted octanol–water partition coefficient (Wildman–Crippen LogP) is 7.67. The van der Waals surface area contributed by atoms with Crippen molar-refractivity contribution in [2.75, 3.05) is 17.4 Å². The van der Waals surface area contributed by atoms with Crippen LogP contribution in [-0.4, -0.2) is 44.3 Å². The molecule has 0 aliphatic carbocycles. The van der Waals surface area contributed by atoms with Crippen LogP contribution in [0.5, 0.6) is 0 Å². The van der Waals surface area contributed by atoms with Crippen LogP contribution in [0.25, 0.3) is 0 Å². The van der Waals surface area contributed by atoms with Gasteiger partial charge in [0.15, 0.2) is 0 Å². The zero-order valence-electron chi connectivity index (χ0n) is 27.2. The van der Waals surface area contributed by atoms with Gasteiger partial charge in [0.05, 0.1) is 20.6 Å². The highest BCUT2D eigenvalue weighted by molar-refractivity contribution is 7.92. The molecule has 4 rings (SSSR count). The molecule has 0 heterocycles. The highest BCUT2D eigenvalue weighted by Gasteiger charge is 2.34. The van der Waals surface area contributed by atoms with E-state index in [2.05, 4.69) is 5.32 Å². The van der Waals surface area contributed by atoms with E-state index in [-0.39, 0.29) is 23.8 Å². The average molecular weight is 695 g/mol. The molecule has 0 fully saturated rings. The van der Waals surface area contributed by atoms with Crippen molar-refractivity contribution in [1.29, 1.82) is 0 Å². The van der Waals surface area contributed by atoms with E-state index < -0.39 is 28.5 Å². The Hall–Kier alpha value is -3.85. The zero-order valence-corrected chi connectivity index (χ0v) is 29.5. The Balaban J connectivity index is 1.82. The molecule has 1 atom stereocenters. The van der Waals surface area contributed by atoms with Crippen LogP contribution in [-0.2, 0) is 32.6 Å². The third kappa shape index (κ3) is 9.37. The maximum Gasteiger partial charge on any atom is 0.264 e. The van der Waals surface area contributed by atoms with E-state index in [1.165, 1.54) is 17.0 Å². The monoisotopic (exact) mass is 693 g/mol. The quantitative estimate of drug-likeness (QED) is 0.137. The molecule has 0 spiro atoms. The molecule has 10 heteroatoms. The molecule has 248 valence electrons. The molecule has 4 aromatic rings. The number of benzene rings is 4. The Labute approximate surface area is 288 Å². The lowest BCUT2D eigenvalue weighted by atomic mass is 10.0. The minimum absolute atomic E-state index is 0.000233. The number of aryl methyl sites for hydroxylation is 3. The van der Waals surface area contributed by atoms with Crippen LogP contribution in [0.2, 0.25) is 10.0 Å². The number of anilines is 1. The molecule has 47 heavy (non-hydrogen) atoms. The number of carbonyl (C=O) groups is 2. The van der Waals surface area contributed by atoms with Crippen molar-refractivity contribution in [2.24, 2.45) is 0 Å². The van der Waals surface area contributed by atoms with Gasteiger partial charge < -0.3 is 10.2 Å². The molecule has 2 amide bonds. The van der Waals surface area contributed by atoms with Gasteiger partial charge in [0, 0.05) is 19.5 Å². The number of hydrogen-bond acceptors (Lipinski definition) is 4. The van der Waals surface area contributed by atoms with Gasteiger partial charge in [-0.2, -0.15) is 0 Å². The fraction of sp³-hybridized carbons (Fsp3) is 0.297. The molecule has 0 aliphatic rings. The lowest BCUT2D eigenvalue weighted by Gasteiger charge is -2.34. The smallest absolute Gasteiger partial charge is 0.264 e. The molecule has 1 N–H and O–H groups in total. The van der Waals surface area contributed by atoms with Gasteiger partial charge >= 0.3 is 0 Å². The minimum atomic E-state index is -4.19. The van der Waals surface area contributed by atoms with Crippen molar-refractivity contribution in [3.63, 3.8) is 0 Å². The number of rotatable bonds is 14. The first-order valence-electron chi connectivity index (χ1n) is 15.6. The number of halogens is 2. The number of nitrogens with one attached hydrogen (secondary N) is 1. The lowest BCUT2D eigenvalue weighted by molar-refractivity contribution is -0.140. The van der Waals surface area contributed by atoms with Gasteiger partial charge in [0.25, 0.3) is 10.0 Å². The summed E-state index contributed by atoms with van der Waals surface area (Å²) < 4.78 is 29.6. The Bertz CT molecular complexity index is 1800. The molecule has 0 radical (unpaired) electrons. The first-order chi connectivity index (χ1) is 22.4. The summed E-state index contributed by atoms with van der Waals surface area (Å²) in [6.07, 6.45) is 1.89. The number of sulfonamides is 1. The normalized spacial score (nSPS) is 12.0. The molecule has 0 bridgehead atoms. The fourth-order valence-electron chi connectivity index (χ4n) is 5.14. The van der Waals surface area contributed by atoms with Crippen LogP contribution in [0.15, 0.2) is 95.9 Å². The molecular formula is C37H41Cl2N3O4S. The molecule has 0 aromatic heterocycles. The van der Waals surface area contributed by atoms with Crippen molar-refractivity contribution in [1.82, 2.24) is 10.2 Å². The van der Waals surface area contributed by atoms with Gasteiger partial charge in [-0.15, -0.1) is 0 Å². The Morgan fingerprint density at radius 1 is 0.809 bits per heavy atom. The summed E-state index contributed by atoms with van der Waals surface area (Å²) in [4.78, 5) is 30.0. The number of unbranched alkanes of at least 4 members (excludes halogenated alkanes) is 1. The first-order valence-corrected chi connectivity index (χ1v) is 17.8. The van der Waals surface area contributed by atoms with Crippen molar-refractivity contribution in [2.45, 2.75) is 64.4 Å². The second kappa shape index (κ2) is 16.3. The second-order valence-electron chi connectivity index (χ2n) is 11.7. The summed E-state index contributed by atoms with van der Waals surface area (Å²) in [5.41, 5.74) is 4.62. The fourth-order valence-corrected chi connectivity index (χ4v) is 6.87. The van der Waals surface area contributed by atoms with Crippen LogP contribution in [0.4, 0.5) is 5.69 Å². The topological polar surface area (TPSA) is 86.8 Å². The van der Waals surface area contributed by atoms with E-state index in [4.69, 9.17) is 23.2 Å². The van der Waals surface area contributed by atoms with Crippen molar-refractivity contribution in [3.8, 4) is 0 Å². The summed E-state index contributed by atoms with van der Waals surface area (Å²) in [7, 11) is -4.19. The third-order valence-corrected chi connectivity index (χ3v) is 10.6. The van der Waals surface area contributed by atoms with Gasteiger partial charge in [-0.25, -0.2) is 8.42 Å². The highest BCUT2D eigenvalue weighted by Crippen LogP contribution is 2.28. The summed E-state index contributed by atoms with van der Waals surface area (Å²) in [6, 6.07) is 25.3. The first kappa shape index (κ1) is 36.0. The van der Waals surface area contributed by atoms with Crippen LogP contribution in [0.1, 0.15) is 47.6 Å². The number of nitrogens with zero attached hydrogens (tertiary/aromatic N) is 2. The third-order valence-electron chi connectivity index (χ3n) is 8.10. The molecule has 0 unspecified atom stereocenters. The van der Waals surface area contributed by atoms with E-state index in [9.17, 15) is 18.0 Å². The summed E-state index contributed by atoms with van der Waals surface area (Å²) >= 11 is 12.6. The zero-order chi connectivity index (χ0) is 34.1. The molecule has 7 nitrogen and oxygen atoms in total. The van der Waals surface area contributed by atoms with Crippen LogP contribution in [0.3, 0.4) is 0 Å². The van der Waals surface area contributed by atoms with Crippen LogP contribution >= 0.6 is 23.2 Å². The number of carbonyl (C=O) groups excluding carboxylic acids is 2. The Morgan fingerprint density at radius 3 is 2.15 bits per heavy atom. The predicted molar refractivity (Wildman–Crippen MR) is 190 cm³/mol. The summed E-state index contributed by atoms with van der Waals surface area (Å²) in [5, 5.41) is 3.66. The Morgan fingerprint density at radius 2 is 1.51 bits per heavy atom. The van der Waals surface area contributed by atoms with E-state index in [1.807, 2.05) is 64.1 Å². The second-order valence-corrected chi connectivity index (χ2v) is 14.4. The van der Waals surface area contributed by atoms with Gasteiger partial charge in [0.2, 0.25) is 11.8 Å². The van der Waals surface area contributed by atoms with Gasteiger partial charge in [0.1, 0.15) is 12.6 Å². The maximum absolute atomic E-state index is 14.6. The van der Waals surface area contributed by atoms with Crippen LogP contribution in [0, 0.1) is 20.8 Å². The molecular weight excluding hydrogens is 653 g/mol. The maximum atomic E-state index is 14.6. The molecule has 4 aromatic carbocycles. The van der Waals surface area contributed by atoms with Crippen molar-refractivity contribution in [3.05, 3.63) is 129 Å². The van der Waals surface area contributed by atoms with E-state index in [1.54, 1.807) is 42.5 Å². The standard InChI is InChI=1S/C37H41Cl2N3O4S/c1-5-6-20-40-37(44)35(23-29-10-8-7-9-11-29)41(24-30-15-19-33(38)34(39)22-30)36(43)25-42(31-16-14-27(3)28(4)21-31)47(45,46)32-17-12-26(2)13-18-32/h7-19,21-22,35H,5-6,20,23-25H2,1-4H3,(H,40,44)/t35-/m0/s1. The molecule has 0 saturated heterocycles. The SMILES string of the molecule is CCCCNC(=O)[C@H](Cc1ccccc1)N(Cc1ccc(Cl)c(Cl)c1)C(=O)CN(c1ccc(C)c(C)c1)S(=O)(=O)c1ccc(C)cc1. The minimum Gasteiger partial charge on any atom is -0.354 e. The average Bonchev–Trinajstić information content (AvgIpc) is 3.05. The highest BCUT2D eigenvalue weighted by atomic mass is 35.5. The van der Waals surface area contributed by atoms with Gasteiger partial charge in [-0.05, 0) is 85.8 Å². The van der Waals surface area contributed by atoms with Gasteiger partial charge in [-0.1, -0.05) is 96.7 Å².